The highest BCUT2D eigenvalue weighted by Gasteiger charge is 2.14. The molecule has 1 aromatic rings. The van der Waals surface area contributed by atoms with Crippen molar-refractivity contribution >= 4 is 5.69 Å². The topological polar surface area (TPSA) is 12.0 Å². The lowest BCUT2D eigenvalue weighted by Gasteiger charge is -2.24. The van der Waals surface area contributed by atoms with Crippen LogP contribution in [0, 0.1) is 24.6 Å². The van der Waals surface area contributed by atoms with E-state index in [-0.39, 0.29) is 5.82 Å². The number of aryl methyl sites for hydroxylation is 1. The predicted molar refractivity (Wildman–Crippen MR) is 77.5 cm³/mol. The van der Waals surface area contributed by atoms with Gasteiger partial charge in [0.25, 0.3) is 0 Å². The molecule has 0 aliphatic heterocycles. The number of benzene rings is 1. The Hall–Kier alpha value is -1.05. The maximum Gasteiger partial charge on any atom is 0.146 e. The fourth-order valence-corrected chi connectivity index (χ4v) is 2.31. The number of rotatable bonds is 6. The first-order valence-electron chi connectivity index (χ1n) is 6.91. The summed E-state index contributed by atoms with van der Waals surface area (Å²) in [6.45, 7) is 10.7. The van der Waals surface area contributed by atoms with Crippen molar-refractivity contribution in [1.82, 2.24) is 0 Å². The van der Waals surface area contributed by atoms with Crippen LogP contribution in [0.3, 0.4) is 0 Å². The predicted octanol–water partition coefficient (Wildman–Crippen LogP) is 5.01. The van der Waals surface area contributed by atoms with Crippen LogP contribution in [-0.2, 0) is 0 Å². The summed E-state index contributed by atoms with van der Waals surface area (Å²) in [5.41, 5.74) is 1.59. The minimum Gasteiger partial charge on any atom is -0.380 e. The average molecular weight is 251 g/mol. The Morgan fingerprint density at radius 3 is 2.06 bits per heavy atom. The number of nitrogens with one attached hydrogen (secondary N) is 1. The van der Waals surface area contributed by atoms with Crippen LogP contribution in [0.2, 0.25) is 0 Å². The first-order chi connectivity index (χ1) is 8.38. The van der Waals surface area contributed by atoms with Crippen molar-refractivity contribution in [2.24, 2.45) is 11.8 Å². The molecule has 0 amide bonds. The molecule has 0 bridgehead atoms. The fourth-order valence-electron chi connectivity index (χ4n) is 2.31. The normalized spacial score (nSPS) is 11.6. The number of halogens is 1. The van der Waals surface area contributed by atoms with Crippen LogP contribution in [0.1, 0.15) is 46.1 Å². The van der Waals surface area contributed by atoms with Crippen molar-refractivity contribution in [2.75, 3.05) is 5.32 Å². The second-order valence-corrected chi connectivity index (χ2v) is 6.08. The van der Waals surface area contributed by atoms with E-state index < -0.39 is 0 Å². The largest absolute Gasteiger partial charge is 0.380 e. The van der Waals surface area contributed by atoms with Crippen molar-refractivity contribution in [3.05, 3.63) is 29.6 Å². The summed E-state index contributed by atoms with van der Waals surface area (Å²) in [7, 11) is 0. The Labute approximate surface area is 111 Å². The van der Waals surface area contributed by atoms with Crippen LogP contribution in [0.25, 0.3) is 0 Å². The molecule has 2 heteroatoms. The molecule has 0 saturated carbocycles. The lowest BCUT2D eigenvalue weighted by Crippen LogP contribution is -2.24. The third-order valence-electron chi connectivity index (χ3n) is 3.00. The molecular formula is C16H26FN. The van der Waals surface area contributed by atoms with Crippen molar-refractivity contribution in [2.45, 2.75) is 53.5 Å². The Morgan fingerprint density at radius 2 is 1.61 bits per heavy atom. The van der Waals surface area contributed by atoms with E-state index in [2.05, 4.69) is 33.0 Å². The Bertz CT molecular complexity index is 361. The lowest BCUT2D eigenvalue weighted by molar-refractivity contribution is 0.440. The van der Waals surface area contributed by atoms with E-state index in [0.717, 1.165) is 18.4 Å². The van der Waals surface area contributed by atoms with E-state index in [1.54, 1.807) is 6.07 Å². The maximum absolute atomic E-state index is 13.8. The Balaban J connectivity index is 2.75. The van der Waals surface area contributed by atoms with Gasteiger partial charge in [-0.25, -0.2) is 4.39 Å². The van der Waals surface area contributed by atoms with Gasteiger partial charge in [0.1, 0.15) is 5.82 Å². The van der Waals surface area contributed by atoms with Crippen LogP contribution in [0.4, 0.5) is 10.1 Å². The molecule has 18 heavy (non-hydrogen) atoms. The van der Waals surface area contributed by atoms with E-state index in [9.17, 15) is 4.39 Å². The molecule has 0 radical (unpaired) electrons. The van der Waals surface area contributed by atoms with Crippen molar-refractivity contribution in [3.8, 4) is 0 Å². The Morgan fingerprint density at radius 1 is 1.06 bits per heavy atom. The van der Waals surface area contributed by atoms with Gasteiger partial charge < -0.3 is 5.32 Å². The summed E-state index contributed by atoms with van der Waals surface area (Å²) in [5.74, 6) is 1.09. The van der Waals surface area contributed by atoms with E-state index in [4.69, 9.17) is 0 Å². The van der Waals surface area contributed by atoms with Crippen LogP contribution in [-0.4, -0.2) is 6.04 Å². The van der Waals surface area contributed by atoms with Gasteiger partial charge in [0, 0.05) is 6.04 Å². The molecule has 0 heterocycles. The first-order valence-corrected chi connectivity index (χ1v) is 6.91. The Kier molecular flexibility index (Phi) is 5.64. The van der Waals surface area contributed by atoms with E-state index in [0.29, 0.717) is 23.6 Å². The second kappa shape index (κ2) is 6.77. The molecule has 102 valence electrons. The average Bonchev–Trinajstić information content (AvgIpc) is 2.20. The molecule has 0 saturated heterocycles. The molecule has 0 aliphatic rings. The van der Waals surface area contributed by atoms with Crippen molar-refractivity contribution in [1.29, 1.82) is 0 Å². The zero-order valence-electron chi connectivity index (χ0n) is 12.3. The quantitative estimate of drug-likeness (QED) is 0.749. The highest BCUT2D eigenvalue weighted by atomic mass is 19.1. The van der Waals surface area contributed by atoms with Crippen LogP contribution in [0.5, 0.6) is 0 Å². The highest BCUT2D eigenvalue weighted by molar-refractivity contribution is 5.46. The van der Waals surface area contributed by atoms with Crippen LogP contribution in [0.15, 0.2) is 18.2 Å². The lowest BCUT2D eigenvalue weighted by atomic mass is 9.95. The van der Waals surface area contributed by atoms with Gasteiger partial charge in [-0.1, -0.05) is 33.8 Å². The molecule has 0 fully saturated rings. The van der Waals surface area contributed by atoms with Crippen LogP contribution >= 0.6 is 0 Å². The molecule has 0 aromatic heterocycles. The zero-order chi connectivity index (χ0) is 13.7. The van der Waals surface area contributed by atoms with E-state index in [1.807, 2.05) is 19.1 Å². The van der Waals surface area contributed by atoms with Gasteiger partial charge in [-0.3, -0.25) is 0 Å². The molecule has 0 unspecified atom stereocenters. The third kappa shape index (κ3) is 5.07. The third-order valence-corrected chi connectivity index (χ3v) is 3.00. The minimum absolute atomic E-state index is 0.146. The molecule has 0 aliphatic carbocycles. The van der Waals surface area contributed by atoms with Gasteiger partial charge >= 0.3 is 0 Å². The first kappa shape index (κ1) is 15.0. The maximum atomic E-state index is 13.8. The van der Waals surface area contributed by atoms with Gasteiger partial charge in [0.2, 0.25) is 0 Å². The molecule has 0 atom stereocenters. The summed E-state index contributed by atoms with van der Waals surface area (Å²) in [4.78, 5) is 0. The van der Waals surface area contributed by atoms with Gasteiger partial charge in [-0.2, -0.15) is 0 Å². The standard InChI is InChI=1S/C16H26FN/c1-11(2)8-14(9-12(3)4)18-16-7-6-13(5)10-15(16)17/h6-7,10-12,14,18H,8-9H2,1-5H3. The molecule has 0 spiro atoms. The molecular weight excluding hydrogens is 225 g/mol. The minimum atomic E-state index is -0.146. The second-order valence-electron chi connectivity index (χ2n) is 6.08. The van der Waals surface area contributed by atoms with Crippen molar-refractivity contribution < 1.29 is 4.39 Å². The van der Waals surface area contributed by atoms with Gasteiger partial charge in [-0.05, 0) is 49.3 Å². The van der Waals surface area contributed by atoms with Gasteiger partial charge in [0.15, 0.2) is 0 Å². The monoisotopic (exact) mass is 251 g/mol. The summed E-state index contributed by atoms with van der Waals surface area (Å²) in [6, 6.07) is 5.73. The van der Waals surface area contributed by atoms with E-state index >= 15 is 0 Å². The van der Waals surface area contributed by atoms with E-state index in [1.165, 1.54) is 0 Å². The van der Waals surface area contributed by atoms with Crippen molar-refractivity contribution in [3.63, 3.8) is 0 Å². The molecule has 1 nitrogen and oxygen atoms in total. The number of hydrogen-bond acceptors (Lipinski definition) is 1. The molecule has 1 N–H and O–H groups in total. The van der Waals surface area contributed by atoms with Gasteiger partial charge in [-0.15, -0.1) is 0 Å². The highest BCUT2D eigenvalue weighted by Crippen LogP contribution is 2.21. The number of hydrogen-bond donors (Lipinski definition) is 1. The summed E-state index contributed by atoms with van der Waals surface area (Å²) >= 11 is 0. The number of anilines is 1. The summed E-state index contributed by atoms with van der Waals surface area (Å²) < 4.78 is 13.8. The van der Waals surface area contributed by atoms with Crippen LogP contribution < -0.4 is 5.32 Å². The molecule has 1 rings (SSSR count). The summed E-state index contributed by atoms with van der Waals surface area (Å²) in [6.07, 6.45) is 2.15. The SMILES string of the molecule is Cc1ccc(NC(CC(C)C)CC(C)C)c(F)c1. The molecule has 1 aromatic carbocycles. The van der Waals surface area contributed by atoms with Gasteiger partial charge in [0.05, 0.1) is 5.69 Å². The zero-order valence-corrected chi connectivity index (χ0v) is 12.3. The fraction of sp³-hybridized carbons (Fsp3) is 0.625. The smallest absolute Gasteiger partial charge is 0.146 e. The summed E-state index contributed by atoms with van der Waals surface area (Å²) in [5, 5.41) is 3.36.